The molecule has 0 radical (unpaired) electrons. The van der Waals surface area contributed by atoms with Crippen molar-refractivity contribution < 1.29 is 19.0 Å². The Morgan fingerprint density at radius 1 is 1.17 bits per heavy atom. The Morgan fingerprint density at radius 2 is 1.92 bits per heavy atom. The quantitative estimate of drug-likeness (QED) is 0.608. The highest BCUT2D eigenvalue weighted by Gasteiger charge is 2.03. The minimum atomic E-state index is -0.254. The fraction of sp³-hybridized carbons (Fsp3) is 0.167. The van der Waals surface area contributed by atoms with E-state index in [-0.39, 0.29) is 12.7 Å². The number of methoxy groups -OCH3 is 2. The molecule has 6 heteroatoms. The summed E-state index contributed by atoms with van der Waals surface area (Å²) in [6.07, 6.45) is 3.16. The van der Waals surface area contributed by atoms with E-state index in [9.17, 15) is 4.79 Å². The molecular formula is C18H18ClNO4. The van der Waals surface area contributed by atoms with Crippen LogP contribution in [-0.2, 0) is 9.53 Å². The summed E-state index contributed by atoms with van der Waals surface area (Å²) in [5, 5.41) is 3.17. The van der Waals surface area contributed by atoms with Crippen LogP contribution in [0.3, 0.4) is 0 Å². The molecule has 1 N–H and O–H groups in total. The third-order valence-corrected chi connectivity index (χ3v) is 3.37. The molecule has 1 amide bonds. The normalized spacial score (nSPS) is 10.6. The van der Waals surface area contributed by atoms with Crippen LogP contribution in [0.4, 0.5) is 5.69 Å². The predicted octanol–water partition coefficient (Wildman–Crippen LogP) is 3.98. The second-order valence-electron chi connectivity index (χ2n) is 4.79. The maximum atomic E-state index is 11.9. The molecule has 2 aromatic carbocycles. The SMILES string of the molecule is COCOc1ccc(/C=C/C(=O)Nc2ccc(OC)c(Cl)c2)cc1. The van der Waals surface area contributed by atoms with E-state index in [1.54, 1.807) is 43.5 Å². The molecule has 2 rings (SSSR count). The van der Waals surface area contributed by atoms with Gasteiger partial charge in [-0.2, -0.15) is 0 Å². The molecule has 0 atom stereocenters. The molecule has 0 spiro atoms. The van der Waals surface area contributed by atoms with Gasteiger partial charge in [0.15, 0.2) is 6.79 Å². The van der Waals surface area contributed by atoms with Gasteiger partial charge >= 0.3 is 0 Å². The summed E-state index contributed by atoms with van der Waals surface area (Å²) < 4.78 is 15.2. The number of rotatable bonds is 7. The summed E-state index contributed by atoms with van der Waals surface area (Å²) in [6, 6.07) is 12.4. The molecule has 0 aliphatic heterocycles. The fourth-order valence-corrected chi connectivity index (χ4v) is 2.16. The second-order valence-corrected chi connectivity index (χ2v) is 5.20. The van der Waals surface area contributed by atoms with Crippen molar-refractivity contribution in [3.05, 3.63) is 59.1 Å². The lowest BCUT2D eigenvalue weighted by atomic mass is 10.2. The van der Waals surface area contributed by atoms with Gasteiger partial charge in [-0.1, -0.05) is 23.7 Å². The van der Waals surface area contributed by atoms with Crippen LogP contribution in [0, 0.1) is 0 Å². The zero-order valence-corrected chi connectivity index (χ0v) is 14.2. The zero-order chi connectivity index (χ0) is 17.4. The molecule has 0 saturated carbocycles. The molecule has 0 aliphatic rings. The molecule has 0 unspecified atom stereocenters. The second kappa shape index (κ2) is 8.96. The number of hydrogen-bond acceptors (Lipinski definition) is 4. The lowest BCUT2D eigenvalue weighted by Crippen LogP contribution is -2.07. The maximum absolute atomic E-state index is 11.9. The summed E-state index contributed by atoms with van der Waals surface area (Å²) in [6.45, 7) is 0.196. The number of benzene rings is 2. The summed E-state index contributed by atoms with van der Waals surface area (Å²) >= 11 is 6.02. The molecule has 2 aromatic rings. The van der Waals surface area contributed by atoms with Crippen LogP contribution >= 0.6 is 11.6 Å². The van der Waals surface area contributed by atoms with E-state index in [0.717, 1.165) is 5.56 Å². The summed E-state index contributed by atoms with van der Waals surface area (Å²) in [4.78, 5) is 11.9. The van der Waals surface area contributed by atoms with Crippen LogP contribution in [0.2, 0.25) is 5.02 Å². The summed E-state index contributed by atoms with van der Waals surface area (Å²) in [7, 11) is 3.10. The third kappa shape index (κ3) is 5.30. The van der Waals surface area contributed by atoms with E-state index in [1.165, 1.54) is 13.2 Å². The van der Waals surface area contributed by atoms with Gasteiger partial charge in [-0.15, -0.1) is 0 Å². The van der Waals surface area contributed by atoms with E-state index >= 15 is 0 Å². The largest absolute Gasteiger partial charge is 0.495 e. The van der Waals surface area contributed by atoms with Gasteiger partial charge in [0.05, 0.1) is 12.1 Å². The average molecular weight is 348 g/mol. The van der Waals surface area contributed by atoms with Crippen molar-refractivity contribution in [1.82, 2.24) is 0 Å². The highest BCUT2D eigenvalue weighted by molar-refractivity contribution is 6.32. The number of nitrogens with one attached hydrogen (secondary N) is 1. The lowest BCUT2D eigenvalue weighted by molar-refractivity contribution is -0.111. The maximum Gasteiger partial charge on any atom is 0.248 e. The fourth-order valence-electron chi connectivity index (χ4n) is 1.90. The molecule has 24 heavy (non-hydrogen) atoms. The summed E-state index contributed by atoms with van der Waals surface area (Å²) in [5.41, 5.74) is 1.47. The highest BCUT2D eigenvalue weighted by Crippen LogP contribution is 2.27. The summed E-state index contributed by atoms with van der Waals surface area (Å²) in [5.74, 6) is 1.00. The average Bonchev–Trinajstić information content (AvgIpc) is 2.59. The van der Waals surface area contributed by atoms with Crippen molar-refractivity contribution in [2.45, 2.75) is 0 Å². The van der Waals surface area contributed by atoms with E-state index in [1.807, 2.05) is 12.1 Å². The Labute approximate surface area is 145 Å². The Morgan fingerprint density at radius 3 is 2.54 bits per heavy atom. The molecule has 0 heterocycles. The number of amides is 1. The van der Waals surface area contributed by atoms with Crippen molar-refractivity contribution >= 4 is 29.3 Å². The Hall–Kier alpha value is -2.50. The first kappa shape index (κ1) is 17.8. The zero-order valence-electron chi connectivity index (χ0n) is 13.4. The van der Waals surface area contributed by atoms with Crippen molar-refractivity contribution in [1.29, 1.82) is 0 Å². The molecule has 0 bridgehead atoms. The van der Waals surface area contributed by atoms with Gasteiger partial charge in [0.2, 0.25) is 5.91 Å². The molecular weight excluding hydrogens is 330 g/mol. The predicted molar refractivity (Wildman–Crippen MR) is 94.6 cm³/mol. The van der Waals surface area contributed by atoms with E-state index in [0.29, 0.717) is 22.2 Å². The van der Waals surface area contributed by atoms with Gasteiger partial charge in [-0.25, -0.2) is 0 Å². The number of carbonyl (C=O) groups is 1. The van der Waals surface area contributed by atoms with Crippen LogP contribution in [-0.4, -0.2) is 26.9 Å². The number of carbonyl (C=O) groups excluding carboxylic acids is 1. The van der Waals surface area contributed by atoms with Crippen LogP contribution in [0.25, 0.3) is 6.08 Å². The number of anilines is 1. The molecule has 0 aromatic heterocycles. The smallest absolute Gasteiger partial charge is 0.248 e. The van der Waals surface area contributed by atoms with E-state index < -0.39 is 0 Å². The number of halogens is 1. The van der Waals surface area contributed by atoms with Crippen molar-refractivity contribution in [2.75, 3.05) is 26.3 Å². The number of hydrogen-bond donors (Lipinski definition) is 1. The van der Waals surface area contributed by atoms with Crippen LogP contribution in [0.1, 0.15) is 5.56 Å². The van der Waals surface area contributed by atoms with Gasteiger partial charge in [0, 0.05) is 18.9 Å². The molecule has 126 valence electrons. The minimum Gasteiger partial charge on any atom is -0.495 e. The topological polar surface area (TPSA) is 56.8 Å². The standard InChI is InChI=1S/C18H18ClNO4/c1-22-12-24-15-7-3-13(4-8-15)5-10-18(21)20-14-6-9-17(23-2)16(19)11-14/h3-11H,12H2,1-2H3,(H,20,21)/b10-5+. The first-order valence-electron chi connectivity index (χ1n) is 7.17. The monoisotopic (exact) mass is 347 g/mol. The first-order valence-corrected chi connectivity index (χ1v) is 7.54. The molecule has 5 nitrogen and oxygen atoms in total. The van der Waals surface area contributed by atoms with Gasteiger partial charge in [0.1, 0.15) is 11.5 Å². The minimum absolute atomic E-state index is 0.196. The van der Waals surface area contributed by atoms with Gasteiger partial charge in [0.25, 0.3) is 0 Å². The van der Waals surface area contributed by atoms with Gasteiger partial charge in [-0.05, 0) is 42.0 Å². The van der Waals surface area contributed by atoms with Crippen LogP contribution < -0.4 is 14.8 Å². The third-order valence-electron chi connectivity index (χ3n) is 3.07. The van der Waals surface area contributed by atoms with Crippen molar-refractivity contribution in [3.63, 3.8) is 0 Å². The van der Waals surface area contributed by atoms with Crippen LogP contribution in [0.5, 0.6) is 11.5 Å². The van der Waals surface area contributed by atoms with Gasteiger partial charge < -0.3 is 19.5 Å². The Balaban J connectivity index is 1.93. The Kier molecular flexibility index (Phi) is 6.66. The molecule has 0 saturated heterocycles. The van der Waals surface area contributed by atoms with Crippen molar-refractivity contribution in [2.24, 2.45) is 0 Å². The first-order chi connectivity index (χ1) is 11.6. The Bertz CT molecular complexity index is 713. The van der Waals surface area contributed by atoms with E-state index in [4.69, 9.17) is 25.8 Å². The van der Waals surface area contributed by atoms with Crippen LogP contribution in [0.15, 0.2) is 48.5 Å². The van der Waals surface area contributed by atoms with Gasteiger partial charge in [-0.3, -0.25) is 4.79 Å². The molecule has 0 fully saturated rings. The highest BCUT2D eigenvalue weighted by atomic mass is 35.5. The van der Waals surface area contributed by atoms with E-state index in [2.05, 4.69) is 5.32 Å². The number of ether oxygens (including phenoxy) is 3. The molecule has 0 aliphatic carbocycles. The lowest BCUT2D eigenvalue weighted by Gasteiger charge is -2.06. The van der Waals surface area contributed by atoms with Crippen molar-refractivity contribution in [3.8, 4) is 11.5 Å².